The average molecular weight is 250 g/mol. The quantitative estimate of drug-likeness (QED) is 0.733. The van der Waals surface area contributed by atoms with Gasteiger partial charge in [-0.2, -0.15) is 4.98 Å². The summed E-state index contributed by atoms with van der Waals surface area (Å²) in [5.41, 5.74) is -1.39. The first-order valence-corrected chi connectivity index (χ1v) is 5.11. The summed E-state index contributed by atoms with van der Waals surface area (Å²) in [4.78, 5) is 40.8. The number of aromatic nitrogens is 4. The van der Waals surface area contributed by atoms with E-state index in [1.54, 1.807) is 6.92 Å². The van der Waals surface area contributed by atoms with Gasteiger partial charge in [0.25, 0.3) is 5.56 Å². The van der Waals surface area contributed by atoms with Crippen molar-refractivity contribution in [1.82, 2.24) is 19.7 Å². The van der Waals surface area contributed by atoms with Crippen LogP contribution in [0.15, 0.2) is 20.3 Å². The largest absolute Gasteiger partial charge is 0.340 e. The van der Waals surface area contributed by atoms with E-state index >= 15 is 0 Å². The molecule has 0 aromatic carbocycles. The highest BCUT2D eigenvalue weighted by Crippen LogP contribution is 1.96. The second-order valence-electron chi connectivity index (χ2n) is 3.68. The van der Waals surface area contributed by atoms with Crippen molar-refractivity contribution in [2.24, 2.45) is 0 Å². The molecular weight excluding hydrogens is 240 g/mol. The zero-order valence-electron chi connectivity index (χ0n) is 9.76. The molecule has 2 aromatic heterocycles. The lowest BCUT2D eigenvalue weighted by Crippen LogP contribution is -2.38. The van der Waals surface area contributed by atoms with E-state index in [2.05, 4.69) is 15.1 Å². The zero-order chi connectivity index (χ0) is 13.3. The number of carbonyl (C=O) groups excluding carboxylic acids is 1. The molecule has 0 spiro atoms. The van der Waals surface area contributed by atoms with Crippen molar-refractivity contribution >= 4 is 5.78 Å². The van der Waals surface area contributed by atoms with Crippen LogP contribution in [-0.4, -0.2) is 25.5 Å². The minimum atomic E-state index is -0.672. The van der Waals surface area contributed by atoms with E-state index in [4.69, 9.17) is 4.52 Å². The van der Waals surface area contributed by atoms with Gasteiger partial charge in [-0.25, -0.2) is 4.79 Å². The molecule has 0 fully saturated rings. The average Bonchev–Trinajstić information content (AvgIpc) is 2.69. The van der Waals surface area contributed by atoms with Crippen molar-refractivity contribution in [3.05, 3.63) is 44.3 Å². The molecule has 18 heavy (non-hydrogen) atoms. The molecule has 0 amide bonds. The maximum atomic E-state index is 11.9. The standard InChI is InChI=1S/C10H10N4O4/c1-5(15)7-3-11-10(17)14(9(7)16)4-8-12-6(2)18-13-8/h3H,4H2,1-2H3,(H,11,17). The van der Waals surface area contributed by atoms with E-state index in [1.165, 1.54) is 6.92 Å². The minimum Gasteiger partial charge on any atom is -0.340 e. The fourth-order valence-electron chi connectivity index (χ4n) is 1.45. The van der Waals surface area contributed by atoms with Gasteiger partial charge in [-0.1, -0.05) is 5.16 Å². The van der Waals surface area contributed by atoms with E-state index in [0.29, 0.717) is 5.89 Å². The van der Waals surface area contributed by atoms with Crippen LogP contribution in [0.2, 0.25) is 0 Å². The molecule has 94 valence electrons. The van der Waals surface area contributed by atoms with E-state index in [1.807, 2.05) is 0 Å². The monoisotopic (exact) mass is 250 g/mol. The van der Waals surface area contributed by atoms with Crippen LogP contribution >= 0.6 is 0 Å². The molecule has 8 heteroatoms. The van der Waals surface area contributed by atoms with Gasteiger partial charge < -0.3 is 9.51 Å². The Morgan fingerprint density at radius 2 is 2.22 bits per heavy atom. The third-order valence-corrected chi connectivity index (χ3v) is 2.31. The number of rotatable bonds is 3. The Balaban J connectivity index is 2.50. The van der Waals surface area contributed by atoms with Gasteiger partial charge in [-0.15, -0.1) is 0 Å². The van der Waals surface area contributed by atoms with Crippen LogP contribution in [0.3, 0.4) is 0 Å². The third-order valence-electron chi connectivity index (χ3n) is 2.31. The van der Waals surface area contributed by atoms with Gasteiger partial charge in [-0.3, -0.25) is 14.2 Å². The smallest absolute Gasteiger partial charge is 0.328 e. The lowest BCUT2D eigenvalue weighted by molar-refractivity contribution is 0.101. The Labute approximate surface area is 100 Å². The van der Waals surface area contributed by atoms with Crippen molar-refractivity contribution in [3.63, 3.8) is 0 Å². The maximum absolute atomic E-state index is 11.9. The summed E-state index contributed by atoms with van der Waals surface area (Å²) in [5.74, 6) is 0.104. The van der Waals surface area contributed by atoms with Gasteiger partial charge in [-0.05, 0) is 6.92 Å². The molecule has 0 aliphatic rings. The molecule has 0 saturated carbocycles. The van der Waals surface area contributed by atoms with Gasteiger partial charge >= 0.3 is 5.69 Å². The van der Waals surface area contributed by atoms with Crippen LogP contribution in [0, 0.1) is 6.92 Å². The lowest BCUT2D eigenvalue weighted by Gasteiger charge is -2.02. The molecule has 2 heterocycles. The highest BCUT2D eigenvalue weighted by Gasteiger charge is 2.13. The molecule has 8 nitrogen and oxygen atoms in total. The van der Waals surface area contributed by atoms with Crippen LogP contribution in [0.4, 0.5) is 0 Å². The summed E-state index contributed by atoms with van der Waals surface area (Å²) < 4.78 is 5.59. The van der Waals surface area contributed by atoms with E-state index in [-0.39, 0.29) is 17.9 Å². The van der Waals surface area contributed by atoms with Gasteiger partial charge in [0.1, 0.15) is 0 Å². The number of aryl methyl sites for hydroxylation is 1. The Bertz CT molecular complexity index is 709. The van der Waals surface area contributed by atoms with Crippen LogP contribution in [-0.2, 0) is 6.54 Å². The van der Waals surface area contributed by atoms with E-state index < -0.39 is 17.0 Å². The van der Waals surface area contributed by atoms with Crippen LogP contribution < -0.4 is 11.2 Å². The Morgan fingerprint density at radius 1 is 1.50 bits per heavy atom. The predicted octanol–water partition coefficient (Wildman–Crippen LogP) is -0.521. The highest BCUT2D eigenvalue weighted by atomic mass is 16.5. The van der Waals surface area contributed by atoms with Crippen LogP contribution in [0.5, 0.6) is 0 Å². The fourth-order valence-corrected chi connectivity index (χ4v) is 1.45. The summed E-state index contributed by atoms with van der Waals surface area (Å²) in [6.07, 6.45) is 1.10. The molecule has 0 aliphatic heterocycles. The first kappa shape index (κ1) is 12.0. The first-order chi connectivity index (χ1) is 8.49. The van der Waals surface area contributed by atoms with Crippen molar-refractivity contribution < 1.29 is 9.32 Å². The first-order valence-electron chi connectivity index (χ1n) is 5.11. The molecule has 0 unspecified atom stereocenters. The number of carbonyl (C=O) groups is 1. The molecule has 0 atom stereocenters. The van der Waals surface area contributed by atoms with Gasteiger partial charge in [0.2, 0.25) is 5.89 Å². The SMILES string of the molecule is CC(=O)c1c[nH]c(=O)n(Cc2noc(C)n2)c1=O. The van der Waals surface area contributed by atoms with Crippen molar-refractivity contribution in [2.45, 2.75) is 20.4 Å². The van der Waals surface area contributed by atoms with Crippen molar-refractivity contribution in [1.29, 1.82) is 0 Å². The molecule has 0 bridgehead atoms. The summed E-state index contributed by atoms with van der Waals surface area (Å²) in [6.45, 7) is 2.69. The number of nitrogens with zero attached hydrogens (tertiary/aromatic N) is 3. The summed E-state index contributed by atoms with van der Waals surface area (Å²) in [5, 5.41) is 3.58. The third kappa shape index (κ3) is 2.12. The van der Waals surface area contributed by atoms with E-state index in [9.17, 15) is 14.4 Å². The van der Waals surface area contributed by atoms with Crippen molar-refractivity contribution in [3.8, 4) is 0 Å². The molecule has 0 radical (unpaired) electrons. The molecule has 0 saturated heterocycles. The van der Waals surface area contributed by atoms with Gasteiger partial charge in [0.05, 0.1) is 12.1 Å². The fraction of sp³-hybridized carbons (Fsp3) is 0.300. The Hall–Kier alpha value is -2.51. The minimum absolute atomic E-state index is 0.0881. The van der Waals surface area contributed by atoms with Gasteiger partial charge in [0.15, 0.2) is 11.6 Å². The van der Waals surface area contributed by atoms with Crippen LogP contribution in [0.1, 0.15) is 29.0 Å². The number of ketones is 1. The van der Waals surface area contributed by atoms with Crippen LogP contribution in [0.25, 0.3) is 0 Å². The predicted molar refractivity (Wildman–Crippen MR) is 59.5 cm³/mol. The molecule has 2 aromatic rings. The summed E-state index contributed by atoms with van der Waals surface area (Å²) >= 11 is 0. The normalized spacial score (nSPS) is 10.6. The molecular formula is C10H10N4O4. The summed E-state index contributed by atoms with van der Waals surface area (Å²) in [6, 6.07) is 0. The van der Waals surface area contributed by atoms with Crippen molar-refractivity contribution in [2.75, 3.05) is 0 Å². The topological polar surface area (TPSA) is 111 Å². The number of hydrogen-bond donors (Lipinski definition) is 1. The number of Topliss-reactive ketones (excluding diaryl/α,β-unsaturated/α-hetero) is 1. The zero-order valence-corrected chi connectivity index (χ0v) is 9.76. The number of nitrogens with one attached hydrogen (secondary N) is 1. The Morgan fingerprint density at radius 3 is 2.78 bits per heavy atom. The highest BCUT2D eigenvalue weighted by molar-refractivity contribution is 5.93. The number of H-pyrrole nitrogens is 1. The summed E-state index contributed by atoms with van der Waals surface area (Å²) in [7, 11) is 0. The lowest BCUT2D eigenvalue weighted by atomic mass is 10.2. The second-order valence-corrected chi connectivity index (χ2v) is 3.68. The molecule has 1 N–H and O–H groups in total. The van der Waals surface area contributed by atoms with E-state index in [0.717, 1.165) is 10.8 Å². The maximum Gasteiger partial charge on any atom is 0.328 e. The number of aromatic amines is 1. The molecule has 2 rings (SSSR count). The number of hydrogen-bond acceptors (Lipinski definition) is 6. The van der Waals surface area contributed by atoms with Gasteiger partial charge in [0, 0.05) is 13.1 Å². The second kappa shape index (κ2) is 4.40. The molecule has 0 aliphatic carbocycles. The Kier molecular flexibility index (Phi) is 2.92.